The molecule has 4 nitrogen and oxygen atoms in total. The van der Waals surface area contributed by atoms with Crippen molar-refractivity contribution >= 4 is 5.69 Å². The summed E-state index contributed by atoms with van der Waals surface area (Å²) < 4.78 is 10.6. The highest BCUT2D eigenvalue weighted by Gasteiger charge is 2.13. The van der Waals surface area contributed by atoms with Crippen LogP contribution in [0.3, 0.4) is 0 Å². The van der Waals surface area contributed by atoms with Crippen molar-refractivity contribution in [3.63, 3.8) is 0 Å². The lowest BCUT2D eigenvalue weighted by Crippen LogP contribution is -2.22. The number of ether oxygens (including phenoxy) is 2. The minimum atomic E-state index is 0.655. The molecule has 0 radical (unpaired) electrons. The molecule has 1 aliphatic rings. The Bertz CT molecular complexity index is 321. The molecule has 2 rings (SSSR count). The van der Waals surface area contributed by atoms with Crippen LogP contribution >= 0.6 is 0 Å². The van der Waals surface area contributed by atoms with Crippen LogP contribution < -0.4 is 10.1 Å². The van der Waals surface area contributed by atoms with Gasteiger partial charge in [-0.25, -0.2) is 4.98 Å². The molecule has 0 unspecified atom stereocenters. The minimum Gasteiger partial charge on any atom is -0.478 e. The van der Waals surface area contributed by atoms with Gasteiger partial charge in [-0.15, -0.1) is 0 Å². The third kappa shape index (κ3) is 3.89. The zero-order chi connectivity index (χ0) is 11.9. The molecule has 0 spiro atoms. The van der Waals surface area contributed by atoms with Crippen LogP contribution in [0, 0.1) is 5.92 Å². The van der Waals surface area contributed by atoms with Gasteiger partial charge in [0.05, 0.1) is 18.5 Å². The summed E-state index contributed by atoms with van der Waals surface area (Å²) in [6.07, 6.45) is 4.12. The van der Waals surface area contributed by atoms with Crippen LogP contribution in [0.25, 0.3) is 0 Å². The van der Waals surface area contributed by atoms with Crippen LogP contribution in [-0.4, -0.2) is 31.3 Å². The zero-order valence-corrected chi connectivity index (χ0v) is 10.3. The van der Waals surface area contributed by atoms with Gasteiger partial charge in [0.1, 0.15) is 0 Å². The number of rotatable bonds is 5. The van der Waals surface area contributed by atoms with E-state index in [2.05, 4.69) is 10.3 Å². The van der Waals surface area contributed by atoms with E-state index in [1.54, 1.807) is 0 Å². The fourth-order valence-corrected chi connectivity index (χ4v) is 1.93. The van der Waals surface area contributed by atoms with Gasteiger partial charge < -0.3 is 14.8 Å². The Morgan fingerprint density at radius 2 is 2.24 bits per heavy atom. The standard InChI is InChI=1S/C13H20N2O2/c1-2-17-13-4-3-12(10-15-13)14-9-11-5-7-16-8-6-11/h3-4,10-11,14H,2,5-9H2,1H3. The molecule has 1 aromatic rings. The number of anilines is 1. The highest BCUT2D eigenvalue weighted by atomic mass is 16.5. The van der Waals surface area contributed by atoms with Crippen molar-refractivity contribution in [2.75, 3.05) is 31.7 Å². The highest BCUT2D eigenvalue weighted by Crippen LogP contribution is 2.17. The smallest absolute Gasteiger partial charge is 0.213 e. The van der Waals surface area contributed by atoms with Gasteiger partial charge in [0.2, 0.25) is 5.88 Å². The molecule has 0 saturated carbocycles. The molecule has 2 heterocycles. The molecule has 1 saturated heterocycles. The monoisotopic (exact) mass is 236 g/mol. The van der Waals surface area contributed by atoms with Gasteiger partial charge in [-0.2, -0.15) is 0 Å². The van der Waals surface area contributed by atoms with Gasteiger partial charge in [0, 0.05) is 25.8 Å². The molecule has 1 fully saturated rings. The third-order valence-electron chi connectivity index (χ3n) is 2.96. The topological polar surface area (TPSA) is 43.4 Å². The summed E-state index contributed by atoms with van der Waals surface area (Å²) in [5.74, 6) is 1.40. The Hall–Kier alpha value is -1.29. The second-order valence-corrected chi connectivity index (χ2v) is 4.25. The lowest BCUT2D eigenvalue weighted by Gasteiger charge is -2.22. The quantitative estimate of drug-likeness (QED) is 0.852. The number of hydrogen-bond donors (Lipinski definition) is 1. The Kier molecular flexibility index (Phi) is 4.62. The van der Waals surface area contributed by atoms with Gasteiger partial charge in [-0.1, -0.05) is 0 Å². The fraction of sp³-hybridized carbons (Fsp3) is 0.615. The second kappa shape index (κ2) is 6.45. The van der Waals surface area contributed by atoms with Gasteiger partial charge in [0.15, 0.2) is 0 Å². The Balaban J connectivity index is 1.77. The Morgan fingerprint density at radius 1 is 1.41 bits per heavy atom. The van der Waals surface area contributed by atoms with E-state index in [-0.39, 0.29) is 0 Å². The maximum absolute atomic E-state index is 5.34. The molecule has 0 atom stereocenters. The van der Waals surface area contributed by atoms with Crippen LogP contribution in [0.15, 0.2) is 18.3 Å². The normalized spacial score (nSPS) is 16.8. The lowest BCUT2D eigenvalue weighted by molar-refractivity contribution is 0.0699. The summed E-state index contributed by atoms with van der Waals surface area (Å²) in [6.45, 7) is 5.40. The summed E-state index contributed by atoms with van der Waals surface area (Å²) in [5.41, 5.74) is 1.06. The summed E-state index contributed by atoms with van der Waals surface area (Å²) in [5, 5.41) is 3.41. The number of hydrogen-bond acceptors (Lipinski definition) is 4. The van der Waals surface area contributed by atoms with Crippen molar-refractivity contribution in [3.05, 3.63) is 18.3 Å². The van der Waals surface area contributed by atoms with Crippen molar-refractivity contribution in [3.8, 4) is 5.88 Å². The van der Waals surface area contributed by atoms with Crippen LogP contribution in [0.4, 0.5) is 5.69 Å². The maximum atomic E-state index is 5.34. The number of nitrogens with one attached hydrogen (secondary N) is 1. The predicted molar refractivity (Wildman–Crippen MR) is 67.4 cm³/mol. The average Bonchev–Trinajstić information content (AvgIpc) is 2.40. The molecule has 0 amide bonds. The van der Waals surface area contributed by atoms with Gasteiger partial charge in [0.25, 0.3) is 0 Å². The number of aromatic nitrogens is 1. The molecule has 0 aromatic carbocycles. The van der Waals surface area contributed by atoms with Gasteiger partial charge in [-0.05, 0) is 31.7 Å². The van der Waals surface area contributed by atoms with Crippen LogP contribution in [0.1, 0.15) is 19.8 Å². The van der Waals surface area contributed by atoms with Crippen molar-refractivity contribution in [1.82, 2.24) is 4.98 Å². The van der Waals surface area contributed by atoms with E-state index in [1.165, 1.54) is 0 Å². The summed E-state index contributed by atoms with van der Waals surface area (Å²) in [7, 11) is 0. The van der Waals surface area contributed by atoms with E-state index in [0.29, 0.717) is 12.5 Å². The van der Waals surface area contributed by atoms with Crippen LogP contribution in [-0.2, 0) is 4.74 Å². The molecule has 1 aliphatic heterocycles. The Morgan fingerprint density at radius 3 is 2.88 bits per heavy atom. The van der Waals surface area contributed by atoms with Crippen LogP contribution in [0.5, 0.6) is 5.88 Å². The molecule has 94 valence electrons. The minimum absolute atomic E-state index is 0.655. The molecule has 4 heteroatoms. The summed E-state index contributed by atoms with van der Waals surface area (Å²) in [6, 6.07) is 3.91. The predicted octanol–water partition coefficient (Wildman–Crippen LogP) is 2.32. The van der Waals surface area contributed by atoms with E-state index in [9.17, 15) is 0 Å². The molecule has 1 N–H and O–H groups in total. The van der Waals surface area contributed by atoms with Gasteiger partial charge >= 0.3 is 0 Å². The van der Waals surface area contributed by atoms with E-state index in [4.69, 9.17) is 9.47 Å². The molecule has 17 heavy (non-hydrogen) atoms. The average molecular weight is 236 g/mol. The number of pyridine rings is 1. The SMILES string of the molecule is CCOc1ccc(NCC2CCOCC2)cn1. The van der Waals surface area contributed by atoms with Crippen molar-refractivity contribution in [2.45, 2.75) is 19.8 Å². The first kappa shape index (κ1) is 12.2. The first-order chi connectivity index (χ1) is 8.38. The summed E-state index contributed by atoms with van der Waals surface area (Å²) >= 11 is 0. The lowest BCUT2D eigenvalue weighted by atomic mass is 10.0. The van der Waals surface area contributed by atoms with Crippen molar-refractivity contribution < 1.29 is 9.47 Å². The van der Waals surface area contributed by atoms with E-state index < -0.39 is 0 Å². The van der Waals surface area contributed by atoms with Crippen LogP contribution in [0.2, 0.25) is 0 Å². The van der Waals surface area contributed by atoms with Crippen molar-refractivity contribution in [1.29, 1.82) is 0 Å². The number of nitrogens with zero attached hydrogens (tertiary/aromatic N) is 1. The van der Waals surface area contributed by atoms with Gasteiger partial charge in [-0.3, -0.25) is 0 Å². The first-order valence-electron chi connectivity index (χ1n) is 6.29. The van der Waals surface area contributed by atoms with E-state index in [1.807, 2.05) is 25.3 Å². The maximum Gasteiger partial charge on any atom is 0.213 e. The largest absolute Gasteiger partial charge is 0.478 e. The molecule has 0 aliphatic carbocycles. The first-order valence-corrected chi connectivity index (χ1v) is 6.29. The Labute approximate surface area is 102 Å². The molecule has 1 aromatic heterocycles. The third-order valence-corrected chi connectivity index (χ3v) is 2.96. The van der Waals surface area contributed by atoms with E-state index >= 15 is 0 Å². The summed E-state index contributed by atoms with van der Waals surface area (Å²) in [4.78, 5) is 4.22. The van der Waals surface area contributed by atoms with E-state index in [0.717, 1.165) is 44.2 Å². The van der Waals surface area contributed by atoms with Crippen molar-refractivity contribution in [2.24, 2.45) is 5.92 Å². The molecular weight excluding hydrogens is 216 g/mol. The second-order valence-electron chi connectivity index (χ2n) is 4.25. The molecule has 0 bridgehead atoms. The highest BCUT2D eigenvalue weighted by molar-refractivity contribution is 5.41. The fourth-order valence-electron chi connectivity index (χ4n) is 1.93. The zero-order valence-electron chi connectivity index (χ0n) is 10.3. The molecular formula is C13H20N2O2.